The highest BCUT2D eigenvalue weighted by molar-refractivity contribution is 7.99. The molecule has 3 N–H and O–H groups in total. The molecule has 1 atom stereocenters. The SMILES string of the molecule is CC(N)Cc1ccc(Sc2n[nH]c(=O)n2C2CC2)nc1. The molecule has 1 saturated carbocycles. The molecule has 0 saturated heterocycles. The molecule has 6 nitrogen and oxygen atoms in total. The second-order valence-corrected chi connectivity index (χ2v) is 6.19. The molecule has 0 spiro atoms. The van der Waals surface area contributed by atoms with Gasteiger partial charge in [0.2, 0.25) is 0 Å². The molecular weight excluding hydrogens is 274 g/mol. The van der Waals surface area contributed by atoms with Gasteiger partial charge in [0.15, 0.2) is 5.16 Å². The summed E-state index contributed by atoms with van der Waals surface area (Å²) in [7, 11) is 0. The molecule has 0 bridgehead atoms. The molecule has 1 aliphatic carbocycles. The summed E-state index contributed by atoms with van der Waals surface area (Å²) >= 11 is 1.41. The van der Waals surface area contributed by atoms with Gasteiger partial charge in [0, 0.05) is 18.3 Å². The molecule has 0 amide bonds. The van der Waals surface area contributed by atoms with E-state index in [4.69, 9.17) is 5.73 Å². The Balaban J connectivity index is 1.76. The van der Waals surface area contributed by atoms with Crippen molar-refractivity contribution in [1.29, 1.82) is 0 Å². The van der Waals surface area contributed by atoms with Crippen molar-refractivity contribution in [3.05, 3.63) is 34.4 Å². The van der Waals surface area contributed by atoms with Gasteiger partial charge in [-0.3, -0.25) is 4.57 Å². The number of aromatic amines is 1. The van der Waals surface area contributed by atoms with E-state index in [1.54, 1.807) is 4.57 Å². The zero-order valence-electron chi connectivity index (χ0n) is 11.2. The first kappa shape index (κ1) is 13.4. The predicted molar refractivity (Wildman–Crippen MR) is 76.8 cm³/mol. The molecule has 106 valence electrons. The summed E-state index contributed by atoms with van der Waals surface area (Å²) in [6.07, 6.45) is 4.74. The number of pyridine rings is 1. The minimum absolute atomic E-state index is 0.127. The molecule has 1 aliphatic rings. The van der Waals surface area contributed by atoms with Gasteiger partial charge in [-0.15, -0.1) is 5.10 Å². The van der Waals surface area contributed by atoms with Crippen LogP contribution in [0.25, 0.3) is 0 Å². The third-order valence-corrected chi connectivity index (χ3v) is 4.06. The van der Waals surface area contributed by atoms with Crippen molar-refractivity contribution in [2.24, 2.45) is 5.73 Å². The Bertz CT molecular complexity index is 642. The molecule has 2 aromatic heterocycles. The second kappa shape index (κ2) is 5.41. The summed E-state index contributed by atoms with van der Waals surface area (Å²) in [5.41, 5.74) is 6.74. The summed E-state index contributed by atoms with van der Waals surface area (Å²) in [6.45, 7) is 1.97. The van der Waals surface area contributed by atoms with Crippen molar-refractivity contribution in [3.63, 3.8) is 0 Å². The Kier molecular flexibility index (Phi) is 3.62. The van der Waals surface area contributed by atoms with Crippen LogP contribution in [0.2, 0.25) is 0 Å². The average molecular weight is 291 g/mol. The van der Waals surface area contributed by atoms with Crippen LogP contribution in [0.3, 0.4) is 0 Å². The third-order valence-electron chi connectivity index (χ3n) is 3.14. The van der Waals surface area contributed by atoms with Gasteiger partial charge in [0.1, 0.15) is 5.03 Å². The molecule has 2 aromatic rings. The van der Waals surface area contributed by atoms with Gasteiger partial charge in [-0.1, -0.05) is 6.07 Å². The Morgan fingerprint density at radius 2 is 2.35 bits per heavy atom. The summed E-state index contributed by atoms with van der Waals surface area (Å²) in [4.78, 5) is 16.1. The molecule has 1 fully saturated rings. The first-order valence-electron chi connectivity index (χ1n) is 6.69. The largest absolute Gasteiger partial charge is 0.344 e. The van der Waals surface area contributed by atoms with Crippen molar-refractivity contribution >= 4 is 11.8 Å². The molecule has 0 radical (unpaired) electrons. The highest BCUT2D eigenvalue weighted by Gasteiger charge is 2.28. The topological polar surface area (TPSA) is 89.6 Å². The smallest absolute Gasteiger partial charge is 0.328 e. The number of H-pyrrole nitrogens is 1. The quantitative estimate of drug-likeness (QED) is 0.867. The Morgan fingerprint density at radius 3 is 2.95 bits per heavy atom. The van der Waals surface area contributed by atoms with E-state index < -0.39 is 0 Å². The lowest BCUT2D eigenvalue weighted by molar-refractivity contribution is 0.642. The van der Waals surface area contributed by atoms with Gasteiger partial charge in [-0.25, -0.2) is 14.9 Å². The van der Waals surface area contributed by atoms with Crippen LogP contribution in [-0.2, 0) is 6.42 Å². The average Bonchev–Trinajstić information content (AvgIpc) is 3.17. The highest BCUT2D eigenvalue weighted by atomic mass is 32.2. The summed E-state index contributed by atoms with van der Waals surface area (Å²) in [6, 6.07) is 4.40. The number of nitrogens with zero attached hydrogens (tertiary/aromatic N) is 3. The van der Waals surface area contributed by atoms with Gasteiger partial charge >= 0.3 is 5.69 Å². The lowest BCUT2D eigenvalue weighted by Crippen LogP contribution is -2.17. The van der Waals surface area contributed by atoms with Crippen LogP contribution >= 0.6 is 11.8 Å². The number of rotatable bonds is 5. The van der Waals surface area contributed by atoms with E-state index in [1.165, 1.54) is 11.8 Å². The van der Waals surface area contributed by atoms with Crippen molar-refractivity contribution in [2.75, 3.05) is 0 Å². The number of aromatic nitrogens is 4. The third kappa shape index (κ3) is 2.94. The van der Waals surface area contributed by atoms with E-state index in [-0.39, 0.29) is 11.7 Å². The maximum Gasteiger partial charge on any atom is 0.344 e. The number of nitrogens with two attached hydrogens (primary N) is 1. The van der Waals surface area contributed by atoms with Crippen LogP contribution in [0.1, 0.15) is 31.4 Å². The minimum Gasteiger partial charge on any atom is -0.328 e. The predicted octanol–water partition coefficient (Wildman–Crippen LogP) is 1.34. The molecule has 7 heteroatoms. The van der Waals surface area contributed by atoms with Gasteiger partial charge in [-0.2, -0.15) is 0 Å². The molecule has 3 rings (SSSR count). The van der Waals surface area contributed by atoms with E-state index in [9.17, 15) is 4.79 Å². The lowest BCUT2D eigenvalue weighted by atomic mass is 10.1. The van der Waals surface area contributed by atoms with Crippen LogP contribution < -0.4 is 11.4 Å². The molecular formula is C13H17N5OS. The van der Waals surface area contributed by atoms with Crippen LogP contribution in [0.4, 0.5) is 0 Å². The van der Waals surface area contributed by atoms with E-state index in [0.717, 1.165) is 29.9 Å². The van der Waals surface area contributed by atoms with E-state index in [2.05, 4.69) is 15.2 Å². The fourth-order valence-corrected chi connectivity index (χ4v) is 2.92. The Labute approximate surface area is 120 Å². The van der Waals surface area contributed by atoms with Gasteiger partial charge < -0.3 is 5.73 Å². The molecule has 1 unspecified atom stereocenters. The van der Waals surface area contributed by atoms with Crippen molar-refractivity contribution < 1.29 is 0 Å². The minimum atomic E-state index is -0.136. The number of nitrogens with one attached hydrogen (secondary N) is 1. The zero-order chi connectivity index (χ0) is 14.1. The zero-order valence-corrected chi connectivity index (χ0v) is 12.1. The summed E-state index contributed by atoms with van der Waals surface area (Å²) < 4.78 is 1.72. The summed E-state index contributed by atoms with van der Waals surface area (Å²) in [5, 5.41) is 8.10. The Morgan fingerprint density at radius 1 is 1.55 bits per heavy atom. The fourth-order valence-electron chi connectivity index (χ4n) is 2.07. The van der Waals surface area contributed by atoms with Crippen LogP contribution in [0.5, 0.6) is 0 Å². The van der Waals surface area contributed by atoms with E-state index in [1.807, 2.05) is 25.3 Å². The van der Waals surface area contributed by atoms with Gasteiger partial charge in [-0.05, 0) is 49.6 Å². The van der Waals surface area contributed by atoms with E-state index in [0.29, 0.717) is 11.2 Å². The highest BCUT2D eigenvalue weighted by Crippen LogP contribution is 2.37. The maximum absolute atomic E-state index is 11.7. The maximum atomic E-state index is 11.7. The Hall–Kier alpha value is -1.60. The van der Waals surface area contributed by atoms with E-state index >= 15 is 0 Å². The summed E-state index contributed by atoms with van der Waals surface area (Å²) in [5.74, 6) is 0. The number of hydrogen-bond acceptors (Lipinski definition) is 5. The first-order chi connectivity index (χ1) is 9.63. The van der Waals surface area contributed by atoms with Crippen molar-refractivity contribution in [3.8, 4) is 0 Å². The fraction of sp³-hybridized carbons (Fsp3) is 0.462. The lowest BCUT2D eigenvalue weighted by Gasteiger charge is -2.06. The van der Waals surface area contributed by atoms with Gasteiger partial charge in [0.25, 0.3) is 0 Å². The first-order valence-corrected chi connectivity index (χ1v) is 7.50. The van der Waals surface area contributed by atoms with Crippen molar-refractivity contribution in [2.45, 2.75) is 48.5 Å². The van der Waals surface area contributed by atoms with Crippen LogP contribution in [0, 0.1) is 0 Å². The normalized spacial score (nSPS) is 16.3. The van der Waals surface area contributed by atoms with Crippen LogP contribution in [0.15, 0.2) is 33.3 Å². The van der Waals surface area contributed by atoms with Crippen molar-refractivity contribution in [1.82, 2.24) is 19.7 Å². The van der Waals surface area contributed by atoms with Crippen LogP contribution in [-0.4, -0.2) is 25.8 Å². The number of hydrogen-bond donors (Lipinski definition) is 2. The standard InChI is InChI=1S/C13H17N5OS/c1-8(14)6-9-2-5-11(15-7-9)20-13-17-16-12(19)18(13)10-3-4-10/h2,5,7-8,10H,3-4,6,14H2,1H3,(H,16,19). The molecule has 2 heterocycles. The van der Waals surface area contributed by atoms with Gasteiger partial charge in [0.05, 0.1) is 0 Å². The molecule has 0 aliphatic heterocycles. The second-order valence-electron chi connectivity index (χ2n) is 5.20. The molecule has 0 aromatic carbocycles. The molecule has 20 heavy (non-hydrogen) atoms. The monoisotopic (exact) mass is 291 g/mol.